The predicted molar refractivity (Wildman–Crippen MR) is 136 cm³/mol. The molecule has 1 aliphatic carbocycles. The third kappa shape index (κ3) is 4.36. The van der Waals surface area contributed by atoms with E-state index >= 15 is 0 Å². The summed E-state index contributed by atoms with van der Waals surface area (Å²) in [6.45, 7) is 3.16. The molecule has 2 fully saturated rings. The van der Waals surface area contributed by atoms with Crippen LogP contribution in [-0.4, -0.2) is 47.9 Å². The molecule has 1 amide bonds. The maximum Gasteiger partial charge on any atom is 0.252 e. The van der Waals surface area contributed by atoms with Crippen LogP contribution in [-0.2, 0) is 15.1 Å². The number of para-hydroxylation sites is 1. The van der Waals surface area contributed by atoms with Crippen molar-refractivity contribution in [2.24, 2.45) is 5.73 Å². The highest BCUT2D eigenvalue weighted by molar-refractivity contribution is 5.97. The number of hydrogen-bond acceptors (Lipinski definition) is 7. The van der Waals surface area contributed by atoms with Gasteiger partial charge in [-0.1, -0.05) is 36.4 Å². The molecule has 2 unspecified atom stereocenters. The van der Waals surface area contributed by atoms with E-state index in [-0.39, 0.29) is 17.2 Å². The first-order valence-electron chi connectivity index (χ1n) is 12.2. The number of dihydropyridines is 1. The van der Waals surface area contributed by atoms with Gasteiger partial charge in [0, 0.05) is 42.6 Å². The van der Waals surface area contributed by atoms with Crippen molar-refractivity contribution < 1.29 is 14.0 Å². The lowest BCUT2D eigenvalue weighted by molar-refractivity contribution is -0.122. The normalized spacial score (nSPS) is 24.7. The van der Waals surface area contributed by atoms with Gasteiger partial charge >= 0.3 is 0 Å². The summed E-state index contributed by atoms with van der Waals surface area (Å²) in [6.07, 6.45) is 4.92. The average molecular weight is 491 g/mol. The summed E-state index contributed by atoms with van der Waals surface area (Å²) in [5, 5.41) is 13.5. The number of piperazine rings is 1. The van der Waals surface area contributed by atoms with Gasteiger partial charge in [0.25, 0.3) is 5.91 Å². The Morgan fingerprint density at radius 2 is 1.83 bits per heavy atom. The zero-order chi connectivity index (χ0) is 25.3. The molecule has 0 radical (unpaired) electrons. The van der Waals surface area contributed by atoms with Crippen LogP contribution in [0.3, 0.4) is 0 Å². The number of nitrogens with one attached hydrogen (secondary N) is 4. The van der Waals surface area contributed by atoms with Gasteiger partial charge in [0.05, 0.1) is 0 Å². The Labute approximate surface area is 209 Å². The monoisotopic (exact) mass is 490 g/mol. The molecule has 36 heavy (non-hydrogen) atoms. The van der Waals surface area contributed by atoms with Crippen LogP contribution in [0.15, 0.2) is 78.3 Å². The number of hydrogen-bond donors (Lipinski definition) is 5. The van der Waals surface area contributed by atoms with Crippen molar-refractivity contribution in [3.63, 3.8) is 0 Å². The smallest absolute Gasteiger partial charge is 0.252 e. The van der Waals surface area contributed by atoms with Gasteiger partial charge in [0.15, 0.2) is 5.78 Å². The number of Topliss-reactive ketones (excluding diaryl/α,β-unsaturated/α-hetero) is 1. The fraction of sp³-hybridized carbons (Fsp3) is 0.333. The molecule has 2 aromatic carbocycles. The van der Waals surface area contributed by atoms with Crippen LogP contribution in [0.2, 0.25) is 0 Å². The summed E-state index contributed by atoms with van der Waals surface area (Å²) in [5.74, 6) is -0.511. The summed E-state index contributed by atoms with van der Waals surface area (Å²) < 4.78 is 14.9. The highest BCUT2D eigenvalue weighted by Crippen LogP contribution is 2.49. The van der Waals surface area contributed by atoms with E-state index in [0.29, 0.717) is 43.9 Å². The Morgan fingerprint density at radius 1 is 1.11 bits per heavy atom. The lowest BCUT2D eigenvalue weighted by Gasteiger charge is -2.45. The molecular formula is C27H31FN6O2. The summed E-state index contributed by atoms with van der Waals surface area (Å²) >= 11 is 0. The van der Waals surface area contributed by atoms with Gasteiger partial charge in [0.1, 0.15) is 28.9 Å². The van der Waals surface area contributed by atoms with Gasteiger partial charge in [-0.15, -0.1) is 0 Å². The Kier molecular flexibility index (Phi) is 6.27. The number of amides is 1. The van der Waals surface area contributed by atoms with Gasteiger partial charge in [-0.2, -0.15) is 0 Å². The van der Waals surface area contributed by atoms with E-state index in [4.69, 9.17) is 5.73 Å². The van der Waals surface area contributed by atoms with Crippen LogP contribution in [0.25, 0.3) is 0 Å². The van der Waals surface area contributed by atoms with Crippen LogP contribution >= 0.6 is 0 Å². The summed E-state index contributed by atoms with van der Waals surface area (Å²) in [5.41, 5.74) is 5.65. The van der Waals surface area contributed by atoms with Crippen molar-refractivity contribution in [1.29, 1.82) is 0 Å². The highest BCUT2D eigenvalue weighted by Gasteiger charge is 2.54. The number of carbonyl (C=O) groups excluding carboxylic acids is 2. The van der Waals surface area contributed by atoms with Gasteiger partial charge in [-0.05, 0) is 44.0 Å². The van der Waals surface area contributed by atoms with E-state index in [1.807, 2.05) is 41.3 Å². The molecule has 3 aliphatic rings. The number of anilines is 1. The van der Waals surface area contributed by atoms with E-state index in [0.717, 1.165) is 5.69 Å². The topological polar surface area (TPSA) is 112 Å². The van der Waals surface area contributed by atoms with E-state index in [1.165, 1.54) is 6.07 Å². The lowest BCUT2D eigenvalue weighted by atomic mass is 9.90. The molecule has 2 atom stereocenters. The summed E-state index contributed by atoms with van der Waals surface area (Å²) in [7, 11) is 0. The average Bonchev–Trinajstić information content (AvgIpc) is 3.64. The minimum Gasteiger partial charge on any atom is -0.366 e. The first-order valence-corrected chi connectivity index (χ1v) is 12.2. The second-order valence-corrected chi connectivity index (χ2v) is 9.58. The minimum atomic E-state index is -1.27. The van der Waals surface area contributed by atoms with E-state index in [9.17, 15) is 14.0 Å². The van der Waals surface area contributed by atoms with Crippen LogP contribution in [0.1, 0.15) is 25.3 Å². The third-order valence-electron chi connectivity index (χ3n) is 7.12. The molecule has 2 aromatic rings. The van der Waals surface area contributed by atoms with Crippen LogP contribution < -0.4 is 27.0 Å². The SMILES string of the molecule is CC(=O)C1CNCCN1C1=C(C(N)=O)C(Nc2ccccc2)(NC2(c3ccccc3F)CC2)C=CN1. The largest absolute Gasteiger partial charge is 0.366 e. The molecule has 6 N–H and O–H groups in total. The van der Waals surface area contributed by atoms with Crippen molar-refractivity contribution in [2.45, 2.75) is 37.0 Å². The minimum absolute atomic E-state index is 0.0190. The molecule has 1 saturated carbocycles. The van der Waals surface area contributed by atoms with Crippen molar-refractivity contribution >= 4 is 17.4 Å². The van der Waals surface area contributed by atoms with Gasteiger partial charge in [0.2, 0.25) is 0 Å². The number of primary amides is 1. The Balaban J connectivity index is 1.65. The Hall–Kier alpha value is -3.69. The molecule has 0 bridgehead atoms. The lowest BCUT2D eigenvalue weighted by Crippen LogP contribution is -2.63. The summed E-state index contributed by atoms with van der Waals surface area (Å²) in [4.78, 5) is 27.6. The molecule has 2 heterocycles. The third-order valence-corrected chi connectivity index (χ3v) is 7.12. The first kappa shape index (κ1) is 24.0. The zero-order valence-corrected chi connectivity index (χ0v) is 20.2. The molecule has 9 heteroatoms. The fourth-order valence-electron chi connectivity index (χ4n) is 5.26. The van der Waals surface area contributed by atoms with E-state index in [2.05, 4.69) is 21.3 Å². The molecule has 0 spiro atoms. The number of rotatable bonds is 8. The number of ketones is 1. The molecule has 0 aromatic heterocycles. The predicted octanol–water partition coefficient (Wildman–Crippen LogP) is 1.89. The van der Waals surface area contributed by atoms with Gasteiger partial charge in [-0.3, -0.25) is 14.9 Å². The number of nitrogens with zero attached hydrogens (tertiary/aromatic N) is 1. The van der Waals surface area contributed by atoms with Crippen LogP contribution in [0, 0.1) is 5.82 Å². The van der Waals surface area contributed by atoms with Crippen LogP contribution in [0.5, 0.6) is 0 Å². The maximum absolute atomic E-state index is 14.9. The second-order valence-electron chi connectivity index (χ2n) is 9.58. The number of benzene rings is 2. The number of halogens is 1. The van der Waals surface area contributed by atoms with E-state index < -0.39 is 23.2 Å². The standard InChI is InChI=1S/C27H31FN6O2/c1-18(35)22-17-30-15-16-34(22)25-23(24(29)36)27(13-14-31-25,32-19-7-3-2-4-8-19)33-26(11-12-26)20-9-5-6-10-21(20)28/h2-10,13-14,22,30-33H,11-12,15-17H2,1H3,(H2,29,36). The highest BCUT2D eigenvalue weighted by atomic mass is 19.1. The maximum atomic E-state index is 14.9. The van der Waals surface area contributed by atoms with Crippen molar-refractivity contribution in [3.05, 3.63) is 89.6 Å². The Morgan fingerprint density at radius 3 is 2.50 bits per heavy atom. The molecule has 188 valence electrons. The molecule has 2 aliphatic heterocycles. The number of carbonyl (C=O) groups is 2. The summed E-state index contributed by atoms with van der Waals surface area (Å²) in [6, 6.07) is 15.7. The van der Waals surface area contributed by atoms with E-state index in [1.54, 1.807) is 31.3 Å². The molecule has 1 saturated heterocycles. The quantitative estimate of drug-likeness (QED) is 0.360. The first-order chi connectivity index (χ1) is 17.4. The molecule has 5 rings (SSSR count). The van der Waals surface area contributed by atoms with Gasteiger partial charge < -0.3 is 26.6 Å². The fourth-order valence-corrected chi connectivity index (χ4v) is 5.26. The van der Waals surface area contributed by atoms with Crippen LogP contribution in [0.4, 0.5) is 10.1 Å². The van der Waals surface area contributed by atoms with Crippen molar-refractivity contribution in [1.82, 2.24) is 20.9 Å². The Bertz CT molecular complexity index is 1230. The van der Waals surface area contributed by atoms with Crippen molar-refractivity contribution in [3.8, 4) is 0 Å². The molecular weight excluding hydrogens is 459 g/mol. The molecule has 8 nitrogen and oxygen atoms in total. The number of nitrogens with two attached hydrogens (primary N) is 1. The second kappa shape index (κ2) is 9.40. The van der Waals surface area contributed by atoms with Crippen molar-refractivity contribution in [2.75, 3.05) is 25.0 Å². The van der Waals surface area contributed by atoms with Gasteiger partial charge in [-0.25, -0.2) is 4.39 Å². The zero-order valence-electron chi connectivity index (χ0n) is 20.2.